The predicted octanol–water partition coefficient (Wildman–Crippen LogP) is 2.96. The maximum Gasteiger partial charge on any atom is 0.319 e. The molecule has 2 amide bonds. The number of nitrogens with one attached hydrogen (secondary N) is 2. The van der Waals surface area contributed by atoms with Gasteiger partial charge in [0.25, 0.3) is 0 Å². The lowest BCUT2D eigenvalue weighted by molar-refractivity contribution is -0.0679. The average molecular weight is 326 g/mol. The van der Waals surface area contributed by atoms with Crippen LogP contribution < -0.4 is 10.6 Å². The first kappa shape index (κ1) is 17.1. The highest BCUT2D eigenvalue weighted by atomic mass is 35.5. The number of benzene rings is 1. The molecule has 22 heavy (non-hydrogen) atoms. The van der Waals surface area contributed by atoms with Gasteiger partial charge in [0.1, 0.15) is 0 Å². The second-order valence-electron chi connectivity index (χ2n) is 5.76. The fraction of sp³-hybridized carbons (Fsp3) is 0.562. The summed E-state index contributed by atoms with van der Waals surface area (Å²) < 4.78 is 5.70. The summed E-state index contributed by atoms with van der Waals surface area (Å²) in [5, 5.41) is 6.30. The monoisotopic (exact) mass is 325 g/mol. The van der Waals surface area contributed by atoms with Crippen LogP contribution in [0.3, 0.4) is 0 Å². The lowest BCUT2D eigenvalue weighted by Crippen LogP contribution is -2.46. The van der Waals surface area contributed by atoms with Crippen molar-refractivity contribution in [3.63, 3.8) is 0 Å². The van der Waals surface area contributed by atoms with Crippen molar-refractivity contribution < 1.29 is 9.53 Å². The Bertz CT molecular complexity index is 471. The molecule has 1 saturated heterocycles. The highest BCUT2D eigenvalue weighted by Crippen LogP contribution is 2.13. The number of urea groups is 1. The number of nitrogens with zero attached hydrogens (tertiary/aromatic N) is 1. The van der Waals surface area contributed by atoms with Gasteiger partial charge in [0.15, 0.2) is 0 Å². The Morgan fingerprint density at radius 3 is 2.55 bits per heavy atom. The Morgan fingerprint density at radius 1 is 1.27 bits per heavy atom. The minimum absolute atomic E-state index is 0.189. The smallest absolute Gasteiger partial charge is 0.319 e. The van der Waals surface area contributed by atoms with Crippen LogP contribution >= 0.6 is 11.6 Å². The molecule has 0 aromatic heterocycles. The number of rotatable bonds is 5. The summed E-state index contributed by atoms with van der Waals surface area (Å²) in [6, 6.07) is 6.86. The van der Waals surface area contributed by atoms with Crippen LogP contribution in [0.25, 0.3) is 0 Å². The number of ether oxygens (including phenoxy) is 1. The highest BCUT2D eigenvalue weighted by Gasteiger charge is 2.21. The molecule has 2 atom stereocenters. The van der Waals surface area contributed by atoms with Crippen molar-refractivity contribution >= 4 is 23.3 Å². The molecule has 2 N–H and O–H groups in total. The van der Waals surface area contributed by atoms with Gasteiger partial charge in [0.05, 0.1) is 12.2 Å². The molecule has 1 fully saturated rings. The molecule has 0 saturated carbocycles. The highest BCUT2D eigenvalue weighted by molar-refractivity contribution is 6.30. The summed E-state index contributed by atoms with van der Waals surface area (Å²) in [7, 11) is 0. The van der Waals surface area contributed by atoms with Gasteiger partial charge >= 0.3 is 6.03 Å². The van der Waals surface area contributed by atoms with E-state index in [0.717, 1.165) is 31.7 Å². The Hall–Kier alpha value is -1.30. The first-order chi connectivity index (χ1) is 10.5. The lowest BCUT2D eigenvalue weighted by atomic mass is 10.2. The van der Waals surface area contributed by atoms with E-state index < -0.39 is 0 Å². The van der Waals surface area contributed by atoms with Crippen molar-refractivity contribution in [2.45, 2.75) is 32.5 Å². The number of hydrogen-bond donors (Lipinski definition) is 2. The Kier molecular flexibility index (Phi) is 6.49. The van der Waals surface area contributed by atoms with Gasteiger partial charge in [0.2, 0.25) is 0 Å². The van der Waals surface area contributed by atoms with Crippen LogP contribution in [0.1, 0.15) is 20.3 Å². The van der Waals surface area contributed by atoms with E-state index in [2.05, 4.69) is 29.4 Å². The van der Waals surface area contributed by atoms with E-state index in [-0.39, 0.29) is 18.2 Å². The van der Waals surface area contributed by atoms with Gasteiger partial charge in [-0.15, -0.1) is 0 Å². The molecule has 0 radical (unpaired) electrons. The average Bonchev–Trinajstić information content (AvgIpc) is 2.45. The van der Waals surface area contributed by atoms with Gasteiger partial charge in [-0.05, 0) is 44.5 Å². The maximum atomic E-state index is 11.8. The van der Waals surface area contributed by atoms with Crippen molar-refractivity contribution in [3.05, 3.63) is 29.3 Å². The first-order valence-corrected chi connectivity index (χ1v) is 8.09. The van der Waals surface area contributed by atoms with Crippen LogP contribution in [0.2, 0.25) is 5.02 Å². The molecule has 1 heterocycles. The standard InChI is InChI=1S/C16H24ClN3O2/c1-12-10-20(11-13(2)22-12)9-3-8-18-16(21)19-15-6-4-14(17)5-7-15/h4-7,12-13H,3,8-11H2,1-2H3,(H2,18,19,21)/t12-,13-/m0/s1. The van der Waals surface area contributed by atoms with Crippen molar-refractivity contribution in [1.29, 1.82) is 0 Å². The van der Waals surface area contributed by atoms with Crippen molar-refractivity contribution in [3.8, 4) is 0 Å². The molecule has 0 spiro atoms. The topological polar surface area (TPSA) is 53.6 Å². The van der Waals surface area contributed by atoms with Crippen molar-refractivity contribution in [2.75, 3.05) is 31.5 Å². The molecule has 0 unspecified atom stereocenters. The number of hydrogen-bond acceptors (Lipinski definition) is 3. The molecule has 1 aromatic rings. The van der Waals surface area contributed by atoms with Crippen LogP contribution in [-0.4, -0.2) is 49.3 Å². The SMILES string of the molecule is C[C@H]1CN(CCCNC(=O)Nc2ccc(Cl)cc2)C[C@H](C)O1. The molecule has 122 valence electrons. The lowest BCUT2D eigenvalue weighted by Gasteiger charge is -2.35. The van der Waals surface area contributed by atoms with Crippen LogP contribution in [0.5, 0.6) is 0 Å². The fourth-order valence-electron chi connectivity index (χ4n) is 2.68. The van der Waals surface area contributed by atoms with Gasteiger partial charge in [-0.3, -0.25) is 4.90 Å². The normalized spacial score (nSPS) is 22.3. The third-order valence-electron chi connectivity index (χ3n) is 3.53. The minimum atomic E-state index is -0.189. The summed E-state index contributed by atoms with van der Waals surface area (Å²) in [5.74, 6) is 0. The number of carbonyl (C=O) groups is 1. The van der Waals surface area contributed by atoms with E-state index >= 15 is 0 Å². The first-order valence-electron chi connectivity index (χ1n) is 7.71. The van der Waals surface area contributed by atoms with Gasteiger partial charge in [-0.2, -0.15) is 0 Å². The van der Waals surface area contributed by atoms with Gasteiger partial charge in [0, 0.05) is 36.9 Å². The zero-order valence-electron chi connectivity index (χ0n) is 13.1. The summed E-state index contributed by atoms with van der Waals surface area (Å²) >= 11 is 5.80. The molecule has 0 aliphatic carbocycles. The van der Waals surface area contributed by atoms with Crippen molar-refractivity contribution in [2.24, 2.45) is 0 Å². The number of halogens is 1. The zero-order chi connectivity index (χ0) is 15.9. The van der Waals surface area contributed by atoms with Crippen LogP contribution in [0.15, 0.2) is 24.3 Å². The van der Waals surface area contributed by atoms with E-state index in [4.69, 9.17) is 16.3 Å². The number of amides is 2. The second-order valence-corrected chi connectivity index (χ2v) is 6.19. The molecule has 1 aromatic carbocycles. The summed E-state index contributed by atoms with van der Waals surface area (Å²) in [6.07, 6.45) is 1.49. The predicted molar refractivity (Wildman–Crippen MR) is 89.5 cm³/mol. The molecule has 2 rings (SSSR count). The summed E-state index contributed by atoms with van der Waals surface area (Å²) in [5.41, 5.74) is 0.734. The quantitative estimate of drug-likeness (QED) is 0.818. The number of carbonyl (C=O) groups excluding carboxylic acids is 1. The largest absolute Gasteiger partial charge is 0.373 e. The van der Waals surface area contributed by atoms with E-state index in [0.29, 0.717) is 11.6 Å². The molecular formula is C16H24ClN3O2. The minimum Gasteiger partial charge on any atom is -0.373 e. The van der Waals surface area contributed by atoms with E-state index in [1.54, 1.807) is 24.3 Å². The Labute approximate surface area is 137 Å². The molecular weight excluding hydrogens is 302 g/mol. The Balaban J connectivity index is 1.62. The fourth-order valence-corrected chi connectivity index (χ4v) is 2.81. The van der Waals surface area contributed by atoms with Crippen LogP contribution in [0.4, 0.5) is 10.5 Å². The Morgan fingerprint density at radius 2 is 1.91 bits per heavy atom. The van der Waals surface area contributed by atoms with Gasteiger partial charge in [-0.1, -0.05) is 11.6 Å². The number of anilines is 1. The van der Waals surface area contributed by atoms with Crippen LogP contribution in [0, 0.1) is 0 Å². The van der Waals surface area contributed by atoms with Crippen LogP contribution in [-0.2, 0) is 4.74 Å². The third kappa shape index (κ3) is 5.83. The summed E-state index contributed by atoms with van der Waals surface area (Å²) in [6.45, 7) is 7.74. The van der Waals surface area contributed by atoms with Crippen molar-refractivity contribution in [1.82, 2.24) is 10.2 Å². The molecule has 6 heteroatoms. The molecule has 1 aliphatic heterocycles. The number of morpholine rings is 1. The van der Waals surface area contributed by atoms with E-state index in [9.17, 15) is 4.79 Å². The summed E-state index contributed by atoms with van der Waals surface area (Å²) in [4.78, 5) is 14.2. The zero-order valence-corrected chi connectivity index (χ0v) is 13.9. The third-order valence-corrected chi connectivity index (χ3v) is 3.79. The maximum absolute atomic E-state index is 11.8. The second kappa shape index (κ2) is 8.36. The molecule has 0 bridgehead atoms. The van der Waals surface area contributed by atoms with E-state index in [1.807, 2.05) is 0 Å². The molecule has 5 nitrogen and oxygen atoms in total. The van der Waals surface area contributed by atoms with Gasteiger partial charge in [-0.25, -0.2) is 4.79 Å². The van der Waals surface area contributed by atoms with Gasteiger partial charge < -0.3 is 15.4 Å². The molecule has 1 aliphatic rings. The van der Waals surface area contributed by atoms with E-state index in [1.165, 1.54) is 0 Å².